The molecule has 0 bridgehead atoms. The molecule has 0 fully saturated rings. The van der Waals surface area contributed by atoms with E-state index in [1.807, 2.05) is 26.0 Å². The number of nitrogens with zero attached hydrogens (tertiary/aromatic N) is 2. The molecule has 1 amide bonds. The van der Waals surface area contributed by atoms with Crippen LogP contribution in [-0.2, 0) is 0 Å². The topological polar surface area (TPSA) is 81.2 Å². The second-order valence-electron chi connectivity index (χ2n) is 4.72. The number of carbonyl (C=O) groups is 1. The van der Waals surface area contributed by atoms with Gasteiger partial charge >= 0.3 is 6.01 Å². The Morgan fingerprint density at radius 2 is 1.90 bits per heavy atom. The van der Waals surface area contributed by atoms with Gasteiger partial charge in [0.25, 0.3) is 5.91 Å². The van der Waals surface area contributed by atoms with Crippen molar-refractivity contribution in [1.29, 1.82) is 0 Å². The summed E-state index contributed by atoms with van der Waals surface area (Å²) in [6.07, 6.45) is 1.42. The SMILES string of the molecule is Cc1cc(C)cc(-c2nnc(NC(=O)c3ccco3)o2)c1. The summed E-state index contributed by atoms with van der Waals surface area (Å²) in [4.78, 5) is 11.8. The molecule has 0 atom stereocenters. The number of rotatable bonds is 3. The van der Waals surface area contributed by atoms with E-state index in [1.54, 1.807) is 12.1 Å². The first-order chi connectivity index (χ1) is 10.1. The van der Waals surface area contributed by atoms with E-state index in [4.69, 9.17) is 8.83 Å². The lowest BCUT2D eigenvalue weighted by Crippen LogP contribution is -2.10. The molecule has 0 aliphatic rings. The molecule has 1 aromatic carbocycles. The van der Waals surface area contributed by atoms with Crippen LogP contribution >= 0.6 is 0 Å². The number of aryl methyl sites for hydroxylation is 2. The van der Waals surface area contributed by atoms with Gasteiger partial charge in [-0.25, -0.2) is 0 Å². The molecule has 3 aromatic rings. The third kappa shape index (κ3) is 2.84. The first kappa shape index (κ1) is 13.1. The zero-order valence-corrected chi connectivity index (χ0v) is 11.6. The van der Waals surface area contributed by atoms with Crippen LogP contribution in [-0.4, -0.2) is 16.1 Å². The van der Waals surface area contributed by atoms with E-state index >= 15 is 0 Å². The van der Waals surface area contributed by atoms with Crippen LogP contribution in [0.15, 0.2) is 45.4 Å². The minimum Gasteiger partial charge on any atom is -0.459 e. The van der Waals surface area contributed by atoms with Crippen molar-refractivity contribution in [2.45, 2.75) is 13.8 Å². The summed E-state index contributed by atoms with van der Waals surface area (Å²) in [6.45, 7) is 3.99. The maximum atomic E-state index is 11.8. The average Bonchev–Trinajstić information content (AvgIpc) is 3.08. The van der Waals surface area contributed by atoms with Crippen LogP contribution in [0.4, 0.5) is 6.01 Å². The first-order valence-corrected chi connectivity index (χ1v) is 6.39. The predicted octanol–water partition coefficient (Wildman–Crippen LogP) is 3.20. The summed E-state index contributed by atoms with van der Waals surface area (Å²) in [5.74, 6) is 0.105. The Labute approximate surface area is 120 Å². The third-order valence-electron chi connectivity index (χ3n) is 2.86. The van der Waals surface area contributed by atoms with Gasteiger partial charge in [-0.3, -0.25) is 10.1 Å². The van der Waals surface area contributed by atoms with Crippen molar-refractivity contribution >= 4 is 11.9 Å². The van der Waals surface area contributed by atoms with E-state index in [9.17, 15) is 4.79 Å². The largest absolute Gasteiger partial charge is 0.459 e. The molecule has 21 heavy (non-hydrogen) atoms. The molecule has 3 rings (SSSR count). The Bertz CT molecular complexity index is 755. The Balaban J connectivity index is 1.81. The number of furan rings is 1. The molecule has 6 heteroatoms. The van der Waals surface area contributed by atoms with E-state index in [-0.39, 0.29) is 11.8 Å². The van der Waals surface area contributed by atoms with Gasteiger partial charge < -0.3 is 8.83 Å². The van der Waals surface area contributed by atoms with Crippen LogP contribution in [0.2, 0.25) is 0 Å². The lowest BCUT2D eigenvalue weighted by atomic mass is 10.1. The maximum absolute atomic E-state index is 11.8. The number of hydrogen-bond acceptors (Lipinski definition) is 5. The lowest BCUT2D eigenvalue weighted by molar-refractivity contribution is 0.0994. The molecule has 0 saturated heterocycles. The second kappa shape index (κ2) is 5.24. The van der Waals surface area contributed by atoms with E-state index in [0.717, 1.165) is 16.7 Å². The van der Waals surface area contributed by atoms with Crippen molar-refractivity contribution < 1.29 is 13.6 Å². The van der Waals surface area contributed by atoms with Gasteiger partial charge in [0.1, 0.15) is 0 Å². The summed E-state index contributed by atoms with van der Waals surface area (Å²) in [6, 6.07) is 9.15. The highest BCUT2D eigenvalue weighted by Crippen LogP contribution is 2.22. The molecule has 0 radical (unpaired) electrons. The van der Waals surface area contributed by atoms with Crippen molar-refractivity contribution in [2.75, 3.05) is 5.32 Å². The lowest BCUT2D eigenvalue weighted by Gasteiger charge is -2.00. The third-order valence-corrected chi connectivity index (χ3v) is 2.86. The van der Waals surface area contributed by atoms with Gasteiger partial charge in [-0.1, -0.05) is 22.3 Å². The maximum Gasteiger partial charge on any atom is 0.322 e. The average molecular weight is 283 g/mol. The molecular weight excluding hydrogens is 270 g/mol. The van der Waals surface area contributed by atoms with Gasteiger partial charge in [0, 0.05) is 5.56 Å². The molecule has 6 nitrogen and oxygen atoms in total. The van der Waals surface area contributed by atoms with Gasteiger partial charge in [0.15, 0.2) is 5.76 Å². The number of anilines is 1. The quantitative estimate of drug-likeness (QED) is 0.798. The highest BCUT2D eigenvalue weighted by molar-refractivity contribution is 6.00. The summed E-state index contributed by atoms with van der Waals surface area (Å²) in [7, 11) is 0. The van der Waals surface area contributed by atoms with E-state index in [1.165, 1.54) is 6.26 Å². The van der Waals surface area contributed by atoms with Crippen LogP contribution in [0.1, 0.15) is 21.7 Å². The predicted molar refractivity (Wildman–Crippen MR) is 75.9 cm³/mol. The summed E-state index contributed by atoms with van der Waals surface area (Å²) in [5, 5.41) is 10.2. The monoisotopic (exact) mass is 283 g/mol. The molecule has 0 unspecified atom stereocenters. The Hall–Kier alpha value is -2.89. The van der Waals surface area contributed by atoms with Crippen LogP contribution in [0, 0.1) is 13.8 Å². The summed E-state index contributed by atoms with van der Waals surface area (Å²) < 4.78 is 10.4. The molecule has 2 heterocycles. The van der Waals surface area contributed by atoms with Crippen LogP contribution in [0.3, 0.4) is 0 Å². The van der Waals surface area contributed by atoms with E-state index in [0.29, 0.717) is 5.89 Å². The fraction of sp³-hybridized carbons (Fsp3) is 0.133. The van der Waals surface area contributed by atoms with Crippen molar-refractivity contribution in [2.24, 2.45) is 0 Å². The Morgan fingerprint density at radius 3 is 2.57 bits per heavy atom. The van der Waals surface area contributed by atoms with Crippen LogP contribution < -0.4 is 5.32 Å². The molecule has 0 aliphatic heterocycles. The molecule has 2 aromatic heterocycles. The van der Waals surface area contributed by atoms with E-state index < -0.39 is 5.91 Å². The highest BCUT2D eigenvalue weighted by atomic mass is 16.4. The van der Waals surface area contributed by atoms with Crippen molar-refractivity contribution in [3.8, 4) is 11.5 Å². The number of carbonyl (C=O) groups excluding carboxylic acids is 1. The fourth-order valence-electron chi connectivity index (χ4n) is 2.06. The Morgan fingerprint density at radius 1 is 1.14 bits per heavy atom. The van der Waals surface area contributed by atoms with Gasteiger partial charge in [0.2, 0.25) is 5.89 Å². The molecule has 106 valence electrons. The van der Waals surface area contributed by atoms with Crippen LogP contribution in [0.25, 0.3) is 11.5 Å². The zero-order valence-electron chi connectivity index (χ0n) is 11.6. The van der Waals surface area contributed by atoms with Crippen molar-refractivity contribution in [3.63, 3.8) is 0 Å². The van der Waals surface area contributed by atoms with Gasteiger partial charge in [0.05, 0.1) is 6.26 Å². The molecular formula is C15H13N3O3. The molecule has 1 N–H and O–H groups in total. The van der Waals surface area contributed by atoms with Gasteiger partial charge in [-0.05, 0) is 38.1 Å². The number of aromatic nitrogens is 2. The highest BCUT2D eigenvalue weighted by Gasteiger charge is 2.14. The fourth-order valence-corrected chi connectivity index (χ4v) is 2.06. The van der Waals surface area contributed by atoms with Crippen molar-refractivity contribution in [3.05, 3.63) is 53.5 Å². The summed E-state index contributed by atoms with van der Waals surface area (Å²) in [5.41, 5.74) is 3.02. The molecule has 0 spiro atoms. The number of nitrogens with one attached hydrogen (secondary N) is 1. The van der Waals surface area contributed by atoms with Crippen molar-refractivity contribution in [1.82, 2.24) is 10.2 Å². The first-order valence-electron chi connectivity index (χ1n) is 6.39. The zero-order chi connectivity index (χ0) is 14.8. The van der Waals surface area contributed by atoms with Gasteiger partial charge in [-0.2, -0.15) is 0 Å². The Kier molecular flexibility index (Phi) is 3.27. The number of hydrogen-bond donors (Lipinski definition) is 1. The minimum atomic E-state index is -0.435. The number of benzene rings is 1. The molecule has 0 aliphatic carbocycles. The number of amides is 1. The van der Waals surface area contributed by atoms with E-state index in [2.05, 4.69) is 21.6 Å². The van der Waals surface area contributed by atoms with Gasteiger partial charge in [-0.15, -0.1) is 5.10 Å². The molecule has 0 saturated carbocycles. The van der Waals surface area contributed by atoms with Crippen LogP contribution in [0.5, 0.6) is 0 Å². The second-order valence-corrected chi connectivity index (χ2v) is 4.72. The minimum absolute atomic E-state index is 0.0329. The standard InChI is InChI=1S/C15H13N3O3/c1-9-6-10(2)8-11(7-9)14-17-18-15(21-14)16-13(19)12-4-3-5-20-12/h3-8H,1-2H3,(H,16,18,19). The smallest absolute Gasteiger partial charge is 0.322 e. The summed E-state index contributed by atoms with van der Waals surface area (Å²) >= 11 is 0. The normalized spacial score (nSPS) is 10.6.